The number of halogens is 1. The summed E-state index contributed by atoms with van der Waals surface area (Å²) in [6.45, 7) is 1.24. The van der Waals surface area contributed by atoms with Gasteiger partial charge in [-0.3, -0.25) is 14.6 Å². The minimum atomic E-state index is -0.491. The molecule has 1 atom stereocenters. The largest absolute Gasteiger partial charge is 0.357 e. The smallest absolute Gasteiger partial charge is 0.270 e. The number of H-pyrrole nitrogens is 1. The second kappa shape index (κ2) is 9.97. The molecular formula is C24H26ClN5O2. The van der Waals surface area contributed by atoms with Crippen LogP contribution < -0.4 is 11.1 Å². The predicted molar refractivity (Wildman–Crippen MR) is 123 cm³/mol. The molecule has 0 bridgehead atoms. The van der Waals surface area contributed by atoms with Gasteiger partial charge < -0.3 is 20.9 Å². The third-order valence-electron chi connectivity index (χ3n) is 5.79. The highest BCUT2D eigenvalue weighted by Gasteiger charge is 2.35. The molecule has 0 radical (unpaired) electrons. The van der Waals surface area contributed by atoms with Crippen molar-refractivity contribution in [2.24, 2.45) is 5.73 Å². The Morgan fingerprint density at radius 1 is 1.16 bits per heavy atom. The summed E-state index contributed by atoms with van der Waals surface area (Å²) in [6.07, 6.45) is 7.48. The van der Waals surface area contributed by atoms with E-state index in [1.807, 2.05) is 36.5 Å². The van der Waals surface area contributed by atoms with Gasteiger partial charge in [-0.25, -0.2) is 0 Å². The molecule has 166 valence electrons. The number of aromatic nitrogens is 2. The minimum absolute atomic E-state index is 0.158. The van der Waals surface area contributed by atoms with Gasteiger partial charge in [-0.1, -0.05) is 17.7 Å². The second-order valence-corrected chi connectivity index (χ2v) is 8.38. The third kappa shape index (κ3) is 5.00. The van der Waals surface area contributed by atoms with Gasteiger partial charge in [-0.05, 0) is 71.8 Å². The summed E-state index contributed by atoms with van der Waals surface area (Å²) in [7, 11) is 0. The van der Waals surface area contributed by atoms with Gasteiger partial charge in [0.05, 0.1) is 0 Å². The number of pyridine rings is 1. The maximum absolute atomic E-state index is 13.1. The molecule has 32 heavy (non-hydrogen) atoms. The molecule has 1 aliphatic heterocycles. The van der Waals surface area contributed by atoms with E-state index in [1.165, 1.54) is 0 Å². The molecule has 7 nitrogen and oxygen atoms in total. The van der Waals surface area contributed by atoms with E-state index in [0.717, 1.165) is 28.7 Å². The van der Waals surface area contributed by atoms with E-state index in [4.69, 9.17) is 17.3 Å². The van der Waals surface area contributed by atoms with Crippen molar-refractivity contribution in [3.8, 4) is 0 Å². The highest BCUT2D eigenvalue weighted by Crippen LogP contribution is 2.22. The fraction of sp³-hybridized carbons (Fsp3) is 0.292. The Balaban J connectivity index is 1.40. The van der Waals surface area contributed by atoms with Crippen molar-refractivity contribution in [2.45, 2.75) is 38.4 Å². The van der Waals surface area contributed by atoms with Crippen LogP contribution in [0.25, 0.3) is 0 Å². The van der Waals surface area contributed by atoms with Crippen LogP contribution in [0.1, 0.15) is 45.6 Å². The average molecular weight is 452 g/mol. The molecule has 3 heterocycles. The first-order valence-corrected chi connectivity index (χ1v) is 11.0. The van der Waals surface area contributed by atoms with E-state index in [-0.39, 0.29) is 11.8 Å². The van der Waals surface area contributed by atoms with Gasteiger partial charge >= 0.3 is 0 Å². The topological polar surface area (TPSA) is 104 Å². The van der Waals surface area contributed by atoms with E-state index >= 15 is 0 Å². The minimum Gasteiger partial charge on any atom is -0.357 e. The second-order valence-electron chi connectivity index (χ2n) is 7.95. The van der Waals surface area contributed by atoms with Crippen molar-refractivity contribution >= 4 is 23.4 Å². The molecule has 2 amide bonds. The van der Waals surface area contributed by atoms with E-state index < -0.39 is 6.04 Å². The average Bonchev–Trinajstić information content (AvgIpc) is 3.48. The summed E-state index contributed by atoms with van der Waals surface area (Å²) in [4.78, 5) is 34.8. The maximum atomic E-state index is 13.1. The molecule has 1 aromatic carbocycles. The molecule has 0 saturated carbocycles. The summed E-state index contributed by atoms with van der Waals surface area (Å²) in [6, 6.07) is 10.7. The highest BCUT2D eigenvalue weighted by atomic mass is 35.5. The molecule has 1 fully saturated rings. The quantitative estimate of drug-likeness (QED) is 0.513. The van der Waals surface area contributed by atoms with Crippen molar-refractivity contribution in [1.82, 2.24) is 20.2 Å². The standard InChI is InChI=1S/C24H26ClN5O2/c25-20-4-3-18(13-26)19(12-20)15-29-23(31)22-2-1-9-30(22)24(32)21-11-17(14-28-21)10-16-5-7-27-8-6-16/h3-8,11-12,14,22,28H,1-2,9-10,13,15,26H2,(H,29,31)/t22-/m0/s1. The van der Waals surface area contributed by atoms with Crippen molar-refractivity contribution in [3.05, 3.63) is 88.0 Å². The van der Waals surface area contributed by atoms with E-state index in [1.54, 1.807) is 23.4 Å². The molecule has 1 aliphatic rings. The van der Waals surface area contributed by atoms with Crippen molar-refractivity contribution in [2.75, 3.05) is 6.54 Å². The normalized spacial score (nSPS) is 15.7. The number of benzene rings is 1. The van der Waals surface area contributed by atoms with Crippen LogP contribution in [0.15, 0.2) is 55.0 Å². The first-order chi connectivity index (χ1) is 15.5. The van der Waals surface area contributed by atoms with Crippen molar-refractivity contribution in [1.29, 1.82) is 0 Å². The fourth-order valence-electron chi connectivity index (χ4n) is 4.10. The van der Waals surface area contributed by atoms with E-state index in [9.17, 15) is 9.59 Å². The van der Waals surface area contributed by atoms with Crippen LogP contribution in [0.2, 0.25) is 5.02 Å². The number of amides is 2. The molecule has 0 unspecified atom stereocenters. The van der Waals surface area contributed by atoms with Crippen LogP contribution in [0, 0.1) is 0 Å². The Hall–Kier alpha value is -3.16. The van der Waals surface area contributed by atoms with Gasteiger partial charge in [-0.15, -0.1) is 0 Å². The Kier molecular flexibility index (Phi) is 6.87. The van der Waals surface area contributed by atoms with Crippen LogP contribution in [-0.4, -0.2) is 39.3 Å². The molecule has 1 saturated heterocycles. The number of nitrogens with one attached hydrogen (secondary N) is 2. The van der Waals surface area contributed by atoms with Crippen LogP contribution in [0.3, 0.4) is 0 Å². The maximum Gasteiger partial charge on any atom is 0.270 e. The summed E-state index contributed by atoms with van der Waals surface area (Å²) in [5.41, 5.74) is 10.2. The zero-order valence-electron chi connectivity index (χ0n) is 17.7. The van der Waals surface area contributed by atoms with Crippen LogP contribution in [-0.2, 0) is 24.3 Å². The molecular weight excluding hydrogens is 426 g/mol. The Labute approximate surface area is 192 Å². The number of rotatable bonds is 7. The lowest BCUT2D eigenvalue weighted by Gasteiger charge is -2.23. The summed E-state index contributed by atoms with van der Waals surface area (Å²) >= 11 is 6.09. The molecule has 4 N–H and O–H groups in total. The Morgan fingerprint density at radius 3 is 2.75 bits per heavy atom. The number of likely N-dealkylation sites (tertiary alicyclic amines) is 1. The lowest BCUT2D eigenvalue weighted by atomic mass is 10.1. The van der Waals surface area contributed by atoms with Gasteiger partial charge in [0.15, 0.2) is 0 Å². The Morgan fingerprint density at radius 2 is 1.97 bits per heavy atom. The van der Waals surface area contributed by atoms with Crippen molar-refractivity contribution in [3.63, 3.8) is 0 Å². The molecule has 3 aromatic rings. The van der Waals surface area contributed by atoms with Gasteiger partial charge in [0, 0.05) is 43.2 Å². The number of carbonyl (C=O) groups excluding carboxylic acids is 2. The molecule has 0 spiro atoms. The lowest BCUT2D eigenvalue weighted by molar-refractivity contribution is -0.125. The zero-order chi connectivity index (χ0) is 22.5. The summed E-state index contributed by atoms with van der Waals surface area (Å²) in [5, 5.41) is 3.55. The van der Waals surface area contributed by atoms with Gasteiger partial charge in [-0.2, -0.15) is 0 Å². The SMILES string of the molecule is NCc1ccc(Cl)cc1CNC(=O)[C@@H]1CCCN1C(=O)c1cc(Cc2ccncc2)c[nH]1. The van der Waals surface area contributed by atoms with Gasteiger partial charge in [0.1, 0.15) is 11.7 Å². The molecule has 8 heteroatoms. The number of nitrogens with two attached hydrogens (primary N) is 1. The van der Waals surface area contributed by atoms with E-state index in [0.29, 0.717) is 43.2 Å². The zero-order valence-corrected chi connectivity index (χ0v) is 18.4. The fourth-order valence-corrected chi connectivity index (χ4v) is 4.29. The number of hydrogen-bond acceptors (Lipinski definition) is 4. The van der Waals surface area contributed by atoms with Gasteiger partial charge in [0.2, 0.25) is 5.91 Å². The highest BCUT2D eigenvalue weighted by molar-refractivity contribution is 6.30. The number of carbonyl (C=O) groups is 2. The summed E-state index contributed by atoms with van der Waals surface area (Å²) < 4.78 is 0. The van der Waals surface area contributed by atoms with Crippen LogP contribution >= 0.6 is 11.6 Å². The lowest BCUT2D eigenvalue weighted by Crippen LogP contribution is -2.45. The number of aromatic amines is 1. The molecule has 0 aliphatic carbocycles. The van der Waals surface area contributed by atoms with Crippen molar-refractivity contribution < 1.29 is 9.59 Å². The van der Waals surface area contributed by atoms with Gasteiger partial charge in [0.25, 0.3) is 5.91 Å². The monoisotopic (exact) mass is 451 g/mol. The number of hydrogen-bond donors (Lipinski definition) is 3. The molecule has 2 aromatic heterocycles. The molecule has 4 rings (SSSR count). The van der Waals surface area contributed by atoms with E-state index in [2.05, 4.69) is 15.3 Å². The van der Waals surface area contributed by atoms with Crippen LogP contribution in [0.5, 0.6) is 0 Å². The van der Waals surface area contributed by atoms with Crippen LogP contribution in [0.4, 0.5) is 0 Å². The first kappa shape index (κ1) is 22.0. The summed E-state index contributed by atoms with van der Waals surface area (Å²) in [5.74, 6) is -0.323. The third-order valence-corrected chi connectivity index (χ3v) is 6.02. The Bertz CT molecular complexity index is 1100. The first-order valence-electron chi connectivity index (χ1n) is 10.7. The number of nitrogens with zero attached hydrogens (tertiary/aromatic N) is 2. The predicted octanol–water partition coefficient (Wildman–Crippen LogP) is 3.03.